The van der Waals surface area contributed by atoms with E-state index in [1.807, 2.05) is 17.0 Å². The molecule has 0 radical (unpaired) electrons. The molecule has 2 heterocycles. The minimum absolute atomic E-state index is 0.0386. The van der Waals surface area contributed by atoms with Gasteiger partial charge >= 0.3 is 6.03 Å². The lowest BCUT2D eigenvalue weighted by Gasteiger charge is -2.33. The number of benzene rings is 2. The van der Waals surface area contributed by atoms with Crippen LogP contribution in [-0.4, -0.2) is 55.2 Å². The standard InChI is InChI=1S/C28H37N3O2/c1-20(2)30-16-14-24(15-17-30)25-6-5-7-26(33-4)27(25)29-28(32)31-18-12-23(13-19-31)22-10-8-21(3)9-11-22/h5-11,14,20,23H,12-13,15-19H2,1-4H3,(H,29,32). The predicted octanol–water partition coefficient (Wildman–Crippen LogP) is 5.91. The summed E-state index contributed by atoms with van der Waals surface area (Å²) in [6.07, 6.45) is 5.24. The van der Waals surface area contributed by atoms with Crippen LogP contribution in [0.1, 0.15) is 55.7 Å². The highest BCUT2D eigenvalue weighted by Gasteiger charge is 2.26. The van der Waals surface area contributed by atoms with E-state index < -0.39 is 0 Å². The molecule has 2 aliphatic rings. The van der Waals surface area contributed by atoms with Gasteiger partial charge in [-0.1, -0.05) is 48.0 Å². The van der Waals surface area contributed by atoms with E-state index in [0.29, 0.717) is 17.7 Å². The fraction of sp³-hybridized carbons (Fsp3) is 0.464. The predicted molar refractivity (Wildman–Crippen MR) is 136 cm³/mol. The molecule has 2 aromatic carbocycles. The molecule has 1 N–H and O–H groups in total. The zero-order valence-electron chi connectivity index (χ0n) is 20.4. The van der Waals surface area contributed by atoms with Crippen molar-refractivity contribution in [1.82, 2.24) is 9.80 Å². The van der Waals surface area contributed by atoms with E-state index in [1.165, 1.54) is 16.7 Å². The van der Waals surface area contributed by atoms with E-state index >= 15 is 0 Å². The number of piperidine rings is 1. The number of urea groups is 1. The molecule has 0 aromatic heterocycles. The number of likely N-dealkylation sites (tertiary alicyclic amines) is 1. The molecule has 5 heteroatoms. The first kappa shape index (κ1) is 23.4. The first-order valence-electron chi connectivity index (χ1n) is 12.2. The maximum atomic E-state index is 13.2. The number of carbonyl (C=O) groups excluding carboxylic acids is 1. The van der Waals surface area contributed by atoms with Crippen LogP contribution >= 0.6 is 0 Å². The number of hydrogen-bond donors (Lipinski definition) is 1. The number of nitrogens with zero attached hydrogens (tertiary/aromatic N) is 2. The van der Waals surface area contributed by atoms with Gasteiger partial charge in [0.2, 0.25) is 0 Å². The summed E-state index contributed by atoms with van der Waals surface area (Å²) in [4.78, 5) is 17.6. The van der Waals surface area contributed by atoms with Crippen molar-refractivity contribution in [1.29, 1.82) is 0 Å². The summed E-state index contributed by atoms with van der Waals surface area (Å²) in [6, 6.07) is 15.3. The minimum atomic E-state index is -0.0386. The molecule has 0 aliphatic carbocycles. The molecule has 0 bridgehead atoms. The molecule has 2 aliphatic heterocycles. The maximum absolute atomic E-state index is 13.2. The van der Waals surface area contributed by atoms with E-state index in [1.54, 1.807) is 7.11 Å². The van der Waals surface area contributed by atoms with Crippen molar-refractivity contribution in [2.24, 2.45) is 0 Å². The lowest BCUT2D eigenvalue weighted by Crippen LogP contribution is -2.40. The quantitative estimate of drug-likeness (QED) is 0.619. The molecule has 1 saturated heterocycles. The van der Waals surface area contributed by atoms with Gasteiger partial charge < -0.3 is 15.0 Å². The molecule has 176 valence electrons. The third kappa shape index (κ3) is 5.41. The summed E-state index contributed by atoms with van der Waals surface area (Å²) >= 11 is 0. The lowest BCUT2D eigenvalue weighted by molar-refractivity contribution is 0.194. The normalized spacial score (nSPS) is 17.7. The Morgan fingerprint density at radius 2 is 1.79 bits per heavy atom. The van der Waals surface area contributed by atoms with Gasteiger partial charge in [-0.05, 0) is 63.2 Å². The van der Waals surface area contributed by atoms with Crippen molar-refractivity contribution in [2.45, 2.75) is 52.0 Å². The van der Waals surface area contributed by atoms with Gasteiger partial charge in [0, 0.05) is 37.8 Å². The number of rotatable bonds is 5. The average molecular weight is 448 g/mol. The summed E-state index contributed by atoms with van der Waals surface area (Å²) in [7, 11) is 1.66. The summed E-state index contributed by atoms with van der Waals surface area (Å²) in [6.45, 7) is 10.1. The molecule has 0 spiro atoms. The van der Waals surface area contributed by atoms with Crippen molar-refractivity contribution in [2.75, 3.05) is 38.6 Å². The van der Waals surface area contributed by atoms with Crippen molar-refractivity contribution in [3.05, 3.63) is 65.2 Å². The molecule has 2 amide bonds. The molecular formula is C28H37N3O2. The zero-order valence-corrected chi connectivity index (χ0v) is 20.4. The van der Waals surface area contributed by atoms with Crippen LogP contribution in [0.5, 0.6) is 5.75 Å². The Bertz CT molecular complexity index is 989. The van der Waals surface area contributed by atoms with Gasteiger partial charge in [-0.3, -0.25) is 4.90 Å². The number of hydrogen-bond acceptors (Lipinski definition) is 3. The van der Waals surface area contributed by atoms with E-state index in [0.717, 1.165) is 56.7 Å². The Labute approximate surface area is 198 Å². The monoisotopic (exact) mass is 447 g/mol. The fourth-order valence-electron chi connectivity index (χ4n) is 4.94. The molecule has 0 unspecified atom stereocenters. The highest BCUT2D eigenvalue weighted by molar-refractivity contribution is 5.95. The van der Waals surface area contributed by atoms with Crippen LogP contribution in [0.25, 0.3) is 5.57 Å². The maximum Gasteiger partial charge on any atom is 0.321 e. The van der Waals surface area contributed by atoms with Gasteiger partial charge in [0.05, 0.1) is 12.8 Å². The SMILES string of the molecule is COc1cccc(C2=CCN(C(C)C)CC2)c1NC(=O)N1CCC(c2ccc(C)cc2)CC1. The van der Waals surface area contributed by atoms with Crippen molar-refractivity contribution < 1.29 is 9.53 Å². The molecule has 1 fully saturated rings. The summed E-state index contributed by atoms with van der Waals surface area (Å²) in [5.41, 5.74) is 5.80. The van der Waals surface area contributed by atoms with Crippen LogP contribution in [0.2, 0.25) is 0 Å². The van der Waals surface area contributed by atoms with Crippen molar-refractivity contribution >= 4 is 17.3 Å². The van der Waals surface area contributed by atoms with Crippen LogP contribution in [0, 0.1) is 6.92 Å². The van der Waals surface area contributed by atoms with E-state index in [2.05, 4.69) is 67.4 Å². The molecule has 33 heavy (non-hydrogen) atoms. The smallest absolute Gasteiger partial charge is 0.321 e. The second kappa shape index (κ2) is 10.4. The Morgan fingerprint density at radius 1 is 1.06 bits per heavy atom. The molecular weight excluding hydrogens is 410 g/mol. The second-order valence-electron chi connectivity index (χ2n) is 9.55. The van der Waals surface area contributed by atoms with Crippen LogP contribution in [0.15, 0.2) is 48.5 Å². The summed E-state index contributed by atoms with van der Waals surface area (Å²) < 4.78 is 5.64. The lowest BCUT2D eigenvalue weighted by atomic mass is 9.89. The highest BCUT2D eigenvalue weighted by Crippen LogP contribution is 2.36. The molecule has 0 saturated carbocycles. The Morgan fingerprint density at radius 3 is 2.39 bits per heavy atom. The zero-order chi connectivity index (χ0) is 23.4. The summed E-state index contributed by atoms with van der Waals surface area (Å²) in [5, 5.41) is 3.20. The van der Waals surface area contributed by atoms with Crippen LogP contribution < -0.4 is 10.1 Å². The highest BCUT2D eigenvalue weighted by atomic mass is 16.5. The second-order valence-corrected chi connectivity index (χ2v) is 9.55. The number of anilines is 1. The number of carbonyl (C=O) groups is 1. The Balaban J connectivity index is 1.45. The molecule has 0 atom stereocenters. The van der Waals surface area contributed by atoms with Gasteiger partial charge in [0.25, 0.3) is 0 Å². The van der Waals surface area contributed by atoms with Gasteiger partial charge in [0.15, 0.2) is 0 Å². The van der Waals surface area contributed by atoms with Gasteiger partial charge in [-0.15, -0.1) is 0 Å². The Hall–Kier alpha value is -2.79. The van der Waals surface area contributed by atoms with Gasteiger partial charge in [-0.2, -0.15) is 0 Å². The van der Waals surface area contributed by atoms with E-state index in [4.69, 9.17) is 4.74 Å². The number of nitrogens with one attached hydrogen (secondary N) is 1. The molecule has 5 nitrogen and oxygen atoms in total. The fourth-order valence-corrected chi connectivity index (χ4v) is 4.94. The van der Waals surface area contributed by atoms with Crippen LogP contribution in [-0.2, 0) is 0 Å². The van der Waals surface area contributed by atoms with Gasteiger partial charge in [0.1, 0.15) is 5.75 Å². The largest absolute Gasteiger partial charge is 0.495 e. The number of amides is 2. The third-order valence-corrected chi connectivity index (χ3v) is 7.13. The number of para-hydroxylation sites is 1. The number of methoxy groups -OCH3 is 1. The van der Waals surface area contributed by atoms with Gasteiger partial charge in [-0.25, -0.2) is 4.79 Å². The van der Waals surface area contributed by atoms with Crippen molar-refractivity contribution in [3.63, 3.8) is 0 Å². The first-order chi connectivity index (χ1) is 16.0. The third-order valence-electron chi connectivity index (χ3n) is 7.13. The summed E-state index contributed by atoms with van der Waals surface area (Å²) in [5.74, 6) is 1.23. The average Bonchev–Trinajstić information content (AvgIpc) is 2.85. The first-order valence-corrected chi connectivity index (χ1v) is 12.2. The topological polar surface area (TPSA) is 44.8 Å². The Kier molecular flexibility index (Phi) is 7.39. The van der Waals surface area contributed by atoms with E-state index in [-0.39, 0.29) is 6.03 Å². The number of ether oxygens (including phenoxy) is 1. The molecule has 2 aromatic rings. The van der Waals surface area contributed by atoms with E-state index in [9.17, 15) is 4.79 Å². The number of aryl methyl sites for hydroxylation is 1. The van der Waals surface area contributed by atoms with Crippen LogP contribution in [0.3, 0.4) is 0 Å². The van der Waals surface area contributed by atoms with Crippen molar-refractivity contribution in [3.8, 4) is 5.75 Å². The minimum Gasteiger partial charge on any atom is -0.495 e. The van der Waals surface area contributed by atoms with Crippen LogP contribution in [0.4, 0.5) is 10.5 Å². The molecule has 4 rings (SSSR count).